The first-order valence-electron chi connectivity index (χ1n) is 10.1. The molecule has 0 atom stereocenters. The van der Waals surface area contributed by atoms with Crippen LogP contribution in [0.3, 0.4) is 0 Å². The number of ether oxygens (including phenoxy) is 2. The number of hydrogen-bond donors (Lipinski definition) is 2. The average Bonchev–Trinajstić information content (AvgIpc) is 2.74. The van der Waals surface area contributed by atoms with Gasteiger partial charge in [0.25, 0.3) is 5.91 Å². The monoisotopic (exact) mass is 397 g/mol. The largest absolute Gasteiger partial charge is 0.494 e. The van der Waals surface area contributed by atoms with Crippen molar-refractivity contribution < 1.29 is 14.3 Å². The van der Waals surface area contributed by atoms with Gasteiger partial charge >= 0.3 is 0 Å². The maximum atomic E-state index is 12.6. The average molecular weight is 398 g/mol. The summed E-state index contributed by atoms with van der Waals surface area (Å²) in [6.07, 6.45) is 2.77. The number of nitrogen functional groups attached to an aromatic ring is 1. The van der Waals surface area contributed by atoms with E-state index in [2.05, 4.69) is 0 Å². The molecule has 6 nitrogen and oxygen atoms in total. The molecule has 0 aliphatic rings. The molecular weight excluding hydrogens is 366 g/mol. The van der Waals surface area contributed by atoms with E-state index in [4.69, 9.17) is 20.6 Å². The van der Waals surface area contributed by atoms with Crippen LogP contribution in [0, 0.1) is 5.41 Å². The second-order valence-corrected chi connectivity index (χ2v) is 6.67. The van der Waals surface area contributed by atoms with E-state index in [9.17, 15) is 4.79 Å². The van der Waals surface area contributed by atoms with Gasteiger partial charge in [-0.1, -0.05) is 12.1 Å². The summed E-state index contributed by atoms with van der Waals surface area (Å²) in [6, 6.07) is 14.6. The van der Waals surface area contributed by atoms with Gasteiger partial charge in [0.1, 0.15) is 17.3 Å². The van der Waals surface area contributed by atoms with Gasteiger partial charge in [-0.05, 0) is 69.5 Å². The van der Waals surface area contributed by atoms with Crippen molar-refractivity contribution in [3.63, 3.8) is 0 Å². The molecule has 0 radical (unpaired) electrons. The number of carbonyl (C=O) groups is 1. The van der Waals surface area contributed by atoms with E-state index >= 15 is 0 Å². The smallest absolute Gasteiger partial charge is 0.257 e. The summed E-state index contributed by atoms with van der Waals surface area (Å²) in [4.78, 5) is 14.4. The fourth-order valence-electron chi connectivity index (χ4n) is 2.93. The second kappa shape index (κ2) is 11.7. The molecule has 1 amide bonds. The zero-order chi connectivity index (χ0) is 21.1. The molecule has 29 heavy (non-hydrogen) atoms. The summed E-state index contributed by atoms with van der Waals surface area (Å²) < 4.78 is 11.6. The molecule has 6 heteroatoms. The lowest BCUT2D eigenvalue weighted by atomic mass is 10.1. The Morgan fingerprint density at radius 2 is 1.55 bits per heavy atom. The van der Waals surface area contributed by atoms with Crippen LogP contribution in [0.2, 0.25) is 0 Å². The second-order valence-electron chi connectivity index (χ2n) is 6.67. The van der Waals surface area contributed by atoms with Crippen LogP contribution < -0.4 is 15.2 Å². The van der Waals surface area contributed by atoms with E-state index in [1.54, 1.807) is 17.0 Å². The van der Waals surface area contributed by atoms with Crippen molar-refractivity contribution in [1.82, 2.24) is 4.90 Å². The van der Waals surface area contributed by atoms with Crippen molar-refractivity contribution in [1.29, 1.82) is 5.41 Å². The molecule has 2 aromatic carbocycles. The Bertz CT molecular complexity index is 786. The lowest BCUT2D eigenvalue weighted by molar-refractivity contribution is 0.0768. The Morgan fingerprint density at radius 1 is 0.931 bits per heavy atom. The van der Waals surface area contributed by atoms with Crippen LogP contribution in [0.25, 0.3) is 0 Å². The molecule has 0 spiro atoms. The van der Waals surface area contributed by atoms with Crippen molar-refractivity contribution in [2.24, 2.45) is 5.73 Å². The maximum Gasteiger partial charge on any atom is 0.257 e. The van der Waals surface area contributed by atoms with Gasteiger partial charge < -0.3 is 20.1 Å². The fraction of sp³-hybridized carbons (Fsp3) is 0.391. The first kappa shape index (κ1) is 22.3. The van der Waals surface area contributed by atoms with Gasteiger partial charge in [-0.15, -0.1) is 0 Å². The van der Waals surface area contributed by atoms with Crippen LogP contribution >= 0.6 is 0 Å². The molecule has 2 aromatic rings. The van der Waals surface area contributed by atoms with Gasteiger partial charge in [0.05, 0.1) is 18.8 Å². The quantitative estimate of drug-likeness (QED) is 0.321. The highest BCUT2D eigenvalue weighted by Gasteiger charge is 2.16. The number of nitrogens with zero attached hydrogens (tertiary/aromatic N) is 1. The van der Waals surface area contributed by atoms with Crippen LogP contribution in [0.5, 0.6) is 11.5 Å². The standard InChI is InChI=1S/C23H31N3O3/c1-3-26(4-2)23(27)20-10-6-7-11-21(20)29-17-9-5-8-16-28-19-14-12-18(13-15-19)22(24)25/h6-7,10-15H,3-5,8-9,16-17H2,1-2H3,(H3,24,25). The Hall–Kier alpha value is -3.02. The zero-order valence-electron chi connectivity index (χ0n) is 17.3. The maximum absolute atomic E-state index is 12.6. The van der Waals surface area contributed by atoms with E-state index < -0.39 is 0 Å². The summed E-state index contributed by atoms with van der Waals surface area (Å²) in [5.74, 6) is 1.48. The van der Waals surface area contributed by atoms with Crippen molar-refractivity contribution in [3.05, 3.63) is 59.7 Å². The van der Waals surface area contributed by atoms with Crippen LogP contribution in [0.1, 0.15) is 49.0 Å². The molecule has 0 saturated carbocycles. The summed E-state index contributed by atoms with van der Waals surface area (Å²) in [5.41, 5.74) is 6.75. The summed E-state index contributed by atoms with van der Waals surface area (Å²) in [7, 11) is 0. The predicted molar refractivity (Wildman–Crippen MR) is 116 cm³/mol. The van der Waals surface area contributed by atoms with Crippen molar-refractivity contribution in [3.8, 4) is 11.5 Å². The number of para-hydroxylation sites is 1. The number of amides is 1. The minimum Gasteiger partial charge on any atom is -0.494 e. The Labute approximate surface area is 173 Å². The van der Waals surface area contributed by atoms with Gasteiger partial charge in [0.2, 0.25) is 0 Å². The Morgan fingerprint density at radius 3 is 2.17 bits per heavy atom. The molecule has 0 fully saturated rings. The molecule has 0 aromatic heterocycles. The molecule has 156 valence electrons. The van der Waals surface area contributed by atoms with E-state index in [-0.39, 0.29) is 11.7 Å². The molecule has 0 bridgehead atoms. The molecule has 3 N–H and O–H groups in total. The Kier molecular flexibility index (Phi) is 9.02. The lowest BCUT2D eigenvalue weighted by Crippen LogP contribution is -2.30. The van der Waals surface area contributed by atoms with Gasteiger partial charge in [0.15, 0.2) is 0 Å². The normalized spacial score (nSPS) is 10.4. The number of nitrogens with two attached hydrogens (primary N) is 1. The summed E-state index contributed by atoms with van der Waals surface area (Å²) >= 11 is 0. The van der Waals surface area contributed by atoms with E-state index in [1.807, 2.05) is 50.2 Å². The highest BCUT2D eigenvalue weighted by atomic mass is 16.5. The number of unbranched alkanes of at least 4 members (excludes halogenated alkanes) is 2. The first-order valence-corrected chi connectivity index (χ1v) is 10.1. The zero-order valence-corrected chi connectivity index (χ0v) is 17.3. The van der Waals surface area contributed by atoms with Crippen molar-refractivity contribution in [2.45, 2.75) is 33.1 Å². The molecule has 2 rings (SSSR count). The molecule has 0 saturated heterocycles. The van der Waals surface area contributed by atoms with Gasteiger partial charge in [-0.3, -0.25) is 10.2 Å². The fourth-order valence-corrected chi connectivity index (χ4v) is 2.93. The van der Waals surface area contributed by atoms with Gasteiger partial charge in [-0.25, -0.2) is 0 Å². The first-order chi connectivity index (χ1) is 14.1. The molecular formula is C23H31N3O3. The van der Waals surface area contributed by atoms with E-state index in [0.717, 1.165) is 25.0 Å². The topological polar surface area (TPSA) is 88.6 Å². The molecule has 0 aliphatic carbocycles. The number of amidine groups is 1. The SMILES string of the molecule is CCN(CC)C(=O)c1ccccc1OCCCCCOc1ccc(C(=N)N)cc1. The van der Waals surface area contributed by atoms with Crippen LogP contribution in [0.4, 0.5) is 0 Å². The van der Waals surface area contributed by atoms with Crippen LogP contribution in [0.15, 0.2) is 48.5 Å². The number of benzene rings is 2. The number of nitrogens with one attached hydrogen (secondary N) is 1. The van der Waals surface area contributed by atoms with Crippen molar-refractivity contribution in [2.75, 3.05) is 26.3 Å². The summed E-state index contributed by atoms with van der Waals surface area (Å²) in [6.45, 7) is 6.50. The third-order valence-corrected chi connectivity index (χ3v) is 4.65. The predicted octanol–water partition coefficient (Wildman–Crippen LogP) is 4.08. The third-order valence-electron chi connectivity index (χ3n) is 4.65. The number of rotatable bonds is 12. The molecule has 0 heterocycles. The lowest BCUT2D eigenvalue weighted by Gasteiger charge is -2.20. The Balaban J connectivity index is 1.70. The number of carbonyl (C=O) groups excluding carboxylic acids is 1. The highest BCUT2D eigenvalue weighted by molar-refractivity contribution is 5.97. The van der Waals surface area contributed by atoms with Gasteiger partial charge in [-0.2, -0.15) is 0 Å². The molecule has 0 aliphatic heterocycles. The van der Waals surface area contributed by atoms with E-state index in [1.165, 1.54) is 0 Å². The molecule has 0 unspecified atom stereocenters. The van der Waals surface area contributed by atoms with Crippen LogP contribution in [-0.4, -0.2) is 42.9 Å². The minimum absolute atomic E-state index is 0.00907. The number of hydrogen-bond acceptors (Lipinski definition) is 4. The summed E-state index contributed by atoms with van der Waals surface area (Å²) in [5, 5.41) is 7.38. The van der Waals surface area contributed by atoms with Crippen LogP contribution in [-0.2, 0) is 0 Å². The van der Waals surface area contributed by atoms with Crippen molar-refractivity contribution >= 4 is 11.7 Å². The highest BCUT2D eigenvalue weighted by Crippen LogP contribution is 2.20. The van der Waals surface area contributed by atoms with Gasteiger partial charge in [0, 0.05) is 18.7 Å². The third kappa shape index (κ3) is 6.82. The van der Waals surface area contributed by atoms with E-state index in [0.29, 0.717) is 43.2 Å². The minimum atomic E-state index is 0.00907.